The summed E-state index contributed by atoms with van der Waals surface area (Å²) < 4.78 is 0. The highest BCUT2D eigenvalue weighted by Crippen LogP contribution is 2.37. The second-order valence-electron chi connectivity index (χ2n) is 7.24. The number of amides is 2. The average molecular weight is 308 g/mol. The van der Waals surface area contributed by atoms with Crippen molar-refractivity contribution < 1.29 is 19.5 Å². The van der Waals surface area contributed by atoms with Crippen LogP contribution in [-0.2, 0) is 14.4 Å². The zero-order valence-corrected chi connectivity index (χ0v) is 13.0. The van der Waals surface area contributed by atoms with Crippen molar-refractivity contribution in [2.24, 2.45) is 11.8 Å². The molecule has 2 saturated carbocycles. The summed E-state index contributed by atoms with van der Waals surface area (Å²) in [6, 6.07) is 0.260. The summed E-state index contributed by atoms with van der Waals surface area (Å²) in [5.41, 5.74) is -1.06. The molecule has 1 heterocycles. The molecule has 1 unspecified atom stereocenters. The number of carbonyl (C=O) groups is 3. The fourth-order valence-corrected chi connectivity index (χ4v) is 3.67. The number of nitrogens with one attached hydrogen (secondary N) is 1. The van der Waals surface area contributed by atoms with Gasteiger partial charge in [-0.2, -0.15) is 0 Å². The summed E-state index contributed by atoms with van der Waals surface area (Å²) in [6.45, 7) is 2.68. The minimum atomic E-state index is -1.06. The van der Waals surface area contributed by atoms with Gasteiger partial charge in [0.2, 0.25) is 11.8 Å². The molecule has 6 nitrogen and oxygen atoms in total. The highest BCUT2D eigenvalue weighted by molar-refractivity contribution is 5.94. The molecule has 0 bridgehead atoms. The maximum absolute atomic E-state index is 12.3. The average Bonchev–Trinajstić information content (AvgIpc) is 3.15. The molecule has 1 aliphatic heterocycles. The summed E-state index contributed by atoms with van der Waals surface area (Å²) >= 11 is 0. The Bertz CT molecular complexity index is 492. The number of aliphatic carboxylic acids is 1. The molecule has 122 valence electrons. The van der Waals surface area contributed by atoms with E-state index < -0.39 is 17.4 Å². The quantitative estimate of drug-likeness (QED) is 0.815. The zero-order valence-electron chi connectivity index (χ0n) is 13.0. The van der Waals surface area contributed by atoms with Gasteiger partial charge in [0.25, 0.3) is 0 Å². The van der Waals surface area contributed by atoms with E-state index in [4.69, 9.17) is 5.11 Å². The van der Waals surface area contributed by atoms with Gasteiger partial charge in [0.15, 0.2) is 0 Å². The van der Waals surface area contributed by atoms with Crippen LogP contribution in [0.2, 0.25) is 0 Å². The van der Waals surface area contributed by atoms with Crippen molar-refractivity contribution in [2.75, 3.05) is 6.54 Å². The third kappa shape index (κ3) is 2.83. The number of rotatable bonds is 4. The molecule has 2 aliphatic carbocycles. The predicted octanol–water partition coefficient (Wildman–Crippen LogP) is 1.15. The Morgan fingerprint density at radius 1 is 1.23 bits per heavy atom. The summed E-state index contributed by atoms with van der Waals surface area (Å²) in [5, 5.41) is 11.8. The first-order chi connectivity index (χ1) is 10.4. The first-order valence-corrected chi connectivity index (χ1v) is 8.26. The highest BCUT2D eigenvalue weighted by Gasteiger charge is 2.53. The lowest BCUT2D eigenvalue weighted by Crippen LogP contribution is -2.46. The molecule has 0 aromatic carbocycles. The topological polar surface area (TPSA) is 86.7 Å². The van der Waals surface area contributed by atoms with Crippen LogP contribution in [0.15, 0.2) is 0 Å². The summed E-state index contributed by atoms with van der Waals surface area (Å²) in [5.74, 6) is -0.884. The first kappa shape index (κ1) is 15.3. The van der Waals surface area contributed by atoms with Crippen LogP contribution < -0.4 is 5.32 Å². The van der Waals surface area contributed by atoms with E-state index in [0.29, 0.717) is 19.4 Å². The Hall–Kier alpha value is -1.59. The number of carboxylic acid groups (broad SMARTS) is 1. The third-order valence-corrected chi connectivity index (χ3v) is 5.48. The molecule has 1 saturated heterocycles. The van der Waals surface area contributed by atoms with Crippen LogP contribution in [0.1, 0.15) is 51.9 Å². The lowest BCUT2D eigenvalue weighted by atomic mass is 9.87. The summed E-state index contributed by atoms with van der Waals surface area (Å²) in [4.78, 5) is 37.5. The number of hydrogen-bond acceptors (Lipinski definition) is 3. The van der Waals surface area contributed by atoms with Crippen LogP contribution >= 0.6 is 0 Å². The van der Waals surface area contributed by atoms with Crippen LogP contribution in [0.5, 0.6) is 0 Å². The van der Waals surface area contributed by atoms with E-state index >= 15 is 0 Å². The molecule has 6 heteroatoms. The molecular weight excluding hydrogens is 284 g/mol. The minimum Gasteiger partial charge on any atom is -0.480 e. The van der Waals surface area contributed by atoms with Gasteiger partial charge in [-0.05, 0) is 44.4 Å². The van der Waals surface area contributed by atoms with Gasteiger partial charge in [0.1, 0.15) is 5.54 Å². The lowest BCUT2D eigenvalue weighted by molar-refractivity contribution is -0.143. The van der Waals surface area contributed by atoms with E-state index in [9.17, 15) is 14.4 Å². The van der Waals surface area contributed by atoms with E-state index in [2.05, 4.69) is 12.2 Å². The Morgan fingerprint density at radius 2 is 1.86 bits per heavy atom. The van der Waals surface area contributed by atoms with E-state index in [-0.39, 0.29) is 24.3 Å². The van der Waals surface area contributed by atoms with Crippen molar-refractivity contribution in [2.45, 2.75) is 63.5 Å². The SMILES string of the molecule is CC1CCC(N2CC(C(=O)NC3(C(=O)O)CC3)CC2=O)CC1. The summed E-state index contributed by atoms with van der Waals surface area (Å²) in [7, 11) is 0. The zero-order chi connectivity index (χ0) is 15.9. The van der Waals surface area contributed by atoms with Crippen LogP contribution in [0.3, 0.4) is 0 Å². The number of nitrogens with zero attached hydrogens (tertiary/aromatic N) is 1. The molecule has 3 rings (SSSR count). The van der Waals surface area contributed by atoms with Gasteiger partial charge in [-0.25, -0.2) is 4.79 Å². The minimum absolute atomic E-state index is 0.0416. The van der Waals surface area contributed by atoms with Gasteiger partial charge in [0, 0.05) is 19.0 Å². The Balaban J connectivity index is 1.57. The smallest absolute Gasteiger partial charge is 0.329 e. The molecule has 22 heavy (non-hydrogen) atoms. The predicted molar refractivity (Wildman–Crippen MR) is 79.0 cm³/mol. The van der Waals surface area contributed by atoms with Gasteiger partial charge in [-0.1, -0.05) is 6.92 Å². The van der Waals surface area contributed by atoms with Crippen LogP contribution in [0.4, 0.5) is 0 Å². The molecule has 3 aliphatic rings. The Kier molecular flexibility index (Phi) is 3.87. The van der Waals surface area contributed by atoms with Crippen molar-refractivity contribution in [3.8, 4) is 0 Å². The van der Waals surface area contributed by atoms with E-state index in [1.54, 1.807) is 0 Å². The number of likely N-dealkylation sites (tertiary alicyclic amines) is 1. The first-order valence-electron chi connectivity index (χ1n) is 8.26. The van der Waals surface area contributed by atoms with Crippen molar-refractivity contribution in [3.05, 3.63) is 0 Å². The molecule has 1 atom stereocenters. The highest BCUT2D eigenvalue weighted by atomic mass is 16.4. The van der Waals surface area contributed by atoms with Crippen molar-refractivity contribution >= 4 is 17.8 Å². The Morgan fingerprint density at radius 3 is 2.41 bits per heavy atom. The fraction of sp³-hybridized carbons (Fsp3) is 0.812. The maximum atomic E-state index is 12.3. The van der Waals surface area contributed by atoms with E-state index in [1.165, 1.54) is 0 Å². The molecule has 2 amide bonds. The van der Waals surface area contributed by atoms with Gasteiger partial charge in [0.05, 0.1) is 5.92 Å². The monoisotopic (exact) mass is 308 g/mol. The maximum Gasteiger partial charge on any atom is 0.329 e. The van der Waals surface area contributed by atoms with E-state index in [0.717, 1.165) is 31.6 Å². The van der Waals surface area contributed by atoms with Gasteiger partial charge in [-0.15, -0.1) is 0 Å². The van der Waals surface area contributed by atoms with Gasteiger partial charge < -0.3 is 15.3 Å². The number of hydrogen-bond donors (Lipinski definition) is 2. The van der Waals surface area contributed by atoms with Crippen molar-refractivity contribution in [1.29, 1.82) is 0 Å². The number of carbonyl (C=O) groups excluding carboxylic acids is 2. The lowest BCUT2D eigenvalue weighted by Gasteiger charge is -2.33. The van der Waals surface area contributed by atoms with Crippen LogP contribution in [0.25, 0.3) is 0 Å². The van der Waals surface area contributed by atoms with Gasteiger partial charge in [-0.3, -0.25) is 9.59 Å². The molecule has 0 spiro atoms. The fourth-order valence-electron chi connectivity index (χ4n) is 3.67. The van der Waals surface area contributed by atoms with Gasteiger partial charge >= 0.3 is 5.97 Å². The molecular formula is C16H24N2O4. The van der Waals surface area contributed by atoms with E-state index in [1.807, 2.05) is 4.90 Å². The molecule has 2 N–H and O–H groups in total. The van der Waals surface area contributed by atoms with Crippen molar-refractivity contribution in [3.63, 3.8) is 0 Å². The third-order valence-electron chi connectivity index (χ3n) is 5.48. The standard InChI is InChI=1S/C16H24N2O4/c1-10-2-4-12(5-3-10)18-9-11(8-13(18)19)14(20)17-16(6-7-16)15(21)22/h10-12H,2-9H2,1H3,(H,17,20)(H,21,22). The second-order valence-corrected chi connectivity index (χ2v) is 7.24. The summed E-state index contributed by atoms with van der Waals surface area (Å²) in [6.07, 6.45) is 5.48. The molecule has 0 aromatic heterocycles. The normalized spacial score (nSPS) is 33.6. The van der Waals surface area contributed by atoms with Crippen molar-refractivity contribution in [1.82, 2.24) is 10.2 Å². The Labute approximate surface area is 130 Å². The molecule has 0 aromatic rings. The van der Waals surface area contributed by atoms with Crippen LogP contribution in [-0.4, -0.2) is 45.9 Å². The molecule has 3 fully saturated rings. The van der Waals surface area contributed by atoms with Crippen LogP contribution in [0, 0.1) is 11.8 Å². The second kappa shape index (κ2) is 5.56. The number of carboxylic acids is 1. The molecule has 0 radical (unpaired) electrons. The largest absolute Gasteiger partial charge is 0.480 e.